The number of thiazole rings is 1. The summed E-state index contributed by atoms with van der Waals surface area (Å²) in [4.78, 5) is 29.0. The van der Waals surface area contributed by atoms with E-state index < -0.39 is 12.0 Å². The van der Waals surface area contributed by atoms with Crippen LogP contribution >= 0.6 is 11.3 Å². The molecule has 4 aromatic rings. The van der Waals surface area contributed by atoms with Crippen molar-refractivity contribution in [3.63, 3.8) is 0 Å². The standard InChI is InChI=1S/C25H20FN3O3S/c26-23-22(17-8-10-18(11-9-17)32-15-16-5-2-1-3-6-16)33-25(27-23)28-24(31)20-12-13-21(30)19-7-4-14-29(19)20/h1-11,14,20H,12-13,15H2,(H,27,28,31). The Labute approximate surface area is 193 Å². The van der Waals surface area contributed by atoms with Gasteiger partial charge >= 0.3 is 0 Å². The van der Waals surface area contributed by atoms with Gasteiger partial charge in [-0.3, -0.25) is 9.59 Å². The number of fused-ring (bicyclic) bond motifs is 1. The number of aromatic nitrogens is 2. The average molecular weight is 462 g/mol. The normalized spacial score (nSPS) is 15.2. The number of Topliss-reactive ketones (excluding diaryl/α,β-unsaturated/α-hetero) is 1. The van der Waals surface area contributed by atoms with Gasteiger partial charge in [0.2, 0.25) is 11.9 Å². The van der Waals surface area contributed by atoms with Crippen molar-refractivity contribution in [1.29, 1.82) is 0 Å². The van der Waals surface area contributed by atoms with Crippen LogP contribution in [0.15, 0.2) is 72.9 Å². The van der Waals surface area contributed by atoms with E-state index >= 15 is 0 Å². The summed E-state index contributed by atoms with van der Waals surface area (Å²) in [5, 5.41) is 2.89. The molecule has 0 bridgehead atoms. The lowest BCUT2D eigenvalue weighted by Gasteiger charge is -2.24. The number of carbonyl (C=O) groups is 2. The molecule has 8 heteroatoms. The molecule has 6 nitrogen and oxygen atoms in total. The molecule has 1 unspecified atom stereocenters. The third kappa shape index (κ3) is 4.42. The highest BCUT2D eigenvalue weighted by atomic mass is 32.1. The number of ether oxygens (including phenoxy) is 1. The van der Waals surface area contributed by atoms with Crippen molar-refractivity contribution < 1.29 is 18.7 Å². The van der Waals surface area contributed by atoms with E-state index in [0.717, 1.165) is 16.9 Å². The number of nitrogens with one attached hydrogen (secondary N) is 1. The Hall–Kier alpha value is -3.78. The Morgan fingerprint density at radius 1 is 1.12 bits per heavy atom. The van der Waals surface area contributed by atoms with Crippen LogP contribution in [-0.2, 0) is 11.4 Å². The summed E-state index contributed by atoms with van der Waals surface area (Å²) in [6, 6.07) is 19.8. The van der Waals surface area contributed by atoms with E-state index in [1.165, 1.54) is 0 Å². The molecule has 33 heavy (non-hydrogen) atoms. The molecule has 2 aromatic heterocycles. The van der Waals surface area contributed by atoms with Gasteiger partial charge in [-0.1, -0.05) is 41.7 Å². The SMILES string of the molecule is O=C1CCC(C(=O)Nc2nc(F)c(-c3ccc(OCc4ccccc4)cc3)s2)n2cccc21. The molecule has 2 aromatic carbocycles. The van der Waals surface area contributed by atoms with Crippen molar-refractivity contribution in [1.82, 2.24) is 9.55 Å². The second-order valence-electron chi connectivity index (χ2n) is 7.71. The maximum atomic E-state index is 14.6. The summed E-state index contributed by atoms with van der Waals surface area (Å²) >= 11 is 1.07. The fourth-order valence-corrected chi connectivity index (χ4v) is 4.71. The van der Waals surface area contributed by atoms with Crippen LogP contribution in [-0.4, -0.2) is 21.2 Å². The van der Waals surface area contributed by atoms with Crippen molar-refractivity contribution >= 4 is 28.2 Å². The van der Waals surface area contributed by atoms with Gasteiger partial charge in [0.25, 0.3) is 0 Å². The molecule has 0 saturated heterocycles. The first-order valence-electron chi connectivity index (χ1n) is 10.5. The number of carbonyl (C=O) groups excluding carboxylic acids is 2. The highest BCUT2D eigenvalue weighted by molar-refractivity contribution is 7.19. The van der Waals surface area contributed by atoms with E-state index in [4.69, 9.17) is 4.74 Å². The molecular formula is C25H20FN3O3S. The molecule has 0 radical (unpaired) electrons. The molecule has 1 aliphatic rings. The molecule has 1 atom stereocenters. The first-order chi connectivity index (χ1) is 16.1. The predicted molar refractivity (Wildman–Crippen MR) is 124 cm³/mol. The molecule has 0 saturated carbocycles. The maximum absolute atomic E-state index is 14.6. The number of amides is 1. The van der Waals surface area contributed by atoms with Crippen LogP contribution in [0.5, 0.6) is 5.75 Å². The van der Waals surface area contributed by atoms with E-state index in [9.17, 15) is 14.0 Å². The van der Waals surface area contributed by atoms with Gasteiger partial charge in [0.05, 0.1) is 10.6 Å². The van der Waals surface area contributed by atoms with Gasteiger partial charge in [-0.15, -0.1) is 0 Å². The quantitative estimate of drug-likeness (QED) is 0.412. The van der Waals surface area contributed by atoms with Crippen LogP contribution in [0.2, 0.25) is 0 Å². The largest absolute Gasteiger partial charge is 0.489 e. The minimum absolute atomic E-state index is 0.0165. The summed E-state index contributed by atoms with van der Waals surface area (Å²) in [5.41, 5.74) is 2.22. The number of halogens is 1. The molecule has 166 valence electrons. The first kappa shape index (κ1) is 21.1. The van der Waals surface area contributed by atoms with Crippen molar-refractivity contribution in [2.75, 3.05) is 5.32 Å². The van der Waals surface area contributed by atoms with Gasteiger partial charge < -0.3 is 14.6 Å². The molecule has 0 spiro atoms. The molecule has 1 amide bonds. The van der Waals surface area contributed by atoms with Crippen molar-refractivity contribution in [3.8, 4) is 16.2 Å². The summed E-state index contributed by atoms with van der Waals surface area (Å²) in [7, 11) is 0. The monoisotopic (exact) mass is 461 g/mol. The summed E-state index contributed by atoms with van der Waals surface area (Å²) in [6.07, 6.45) is 2.42. The van der Waals surface area contributed by atoms with Crippen LogP contribution < -0.4 is 10.1 Å². The van der Waals surface area contributed by atoms with E-state index in [1.807, 2.05) is 30.3 Å². The van der Waals surface area contributed by atoms with Gasteiger partial charge in [0.1, 0.15) is 18.4 Å². The van der Waals surface area contributed by atoms with Crippen LogP contribution in [0.1, 0.15) is 34.9 Å². The highest BCUT2D eigenvalue weighted by Crippen LogP contribution is 2.34. The van der Waals surface area contributed by atoms with Gasteiger partial charge in [-0.05, 0) is 53.9 Å². The van der Waals surface area contributed by atoms with Crippen LogP contribution in [0.25, 0.3) is 10.4 Å². The molecule has 3 heterocycles. The summed E-state index contributed by atoms with van der Waals surface area (Å²) < 4.78 is 22.0. The Morgan fingerprint density at radius 3 is 2.70 bits per heavy atom. The molecule has 1 N–H and O–H groups in total. The van der Waals surface area contributed by atoms with E-state index in [2.05, 4.69) is 10.3 Å². The first-order valence-corrected chi connectivity index (χ1v) is 11.3. The third-order valence-corrected chi connectivity index (χ3v) is 6.52. The number of rotatable bonds is 6. The average Bonchev–Trinajstić information content (AvgIpc) is 3.46. The Balaban J connectivity index is 1.27. The zero-order valence-electron chi connectivity index (χ0n) is 17.5. The van der Waals surface area contributed by atoms with E-state index in [1.54, 1.807) is 47.2 Å². The number of benzene rings is 2. The topological polar surface area (TPSA) is 73.2 Å². The third-order valence-electron chi connectivity index (χ3n) is 5.53. The van der Waals surface area contributed by atoms with Gasteiger partial charge in [-0.25, -0.2) is 0 Å². The summed E-state index contributed by atoms with van der Waals surface area (Å²) in [6.45, 7) is 0.446. The lowest BCUT2D eigenvalue weighted by atomic mass is 10.0. The number of nitrogens with zero attached hydrogens (tertiary/aromatic N) is 2. The fourth-order valence-electron chi connectivity index (χ4n) is 3.86. The predicted octanol–water partition coefficient (Wildman–Crippen LogP) is 5.49. The van der Waals surface area contributed by atoms with Crippen molar-refractivity contribution in [3.05, 3.63) is 90.1 Å². The number of hydrogen-bond acceptors (Lipinski definition) is 5. The minimum Gasteiger partial charge on any atom is -0.489 e. The van der Waals surface area contributed by atoms with E-state index in [-0.39, 0.29) is 16.8 Å². The molecule has 0 fully saturated rings. The molecule has 1 aliphatic heterocycles. The second-order valence-corrected chi connectivity index (χ2v) is 8.70. The van der Waals surface area contributed by atoms with E-state index in [0.29, 0.717) is 41.3 Å². The van der Waals surface area contributed by atoms with Gasteiger partial charge in [0.15, 0.2) is 10.9 Å². The lowest BCUT2D eigenvalue weighted by molar-refractivity contribution is -0.119. The fraction of sp³-hybridized carbons (Fsp3) is 0.160. The molecule has 0 aliphatic carbocycles. The smallest absolute Gasteiger partial charge is 0.249 e. The zero-order chi connectivity index (χ0) is 22.8. The van der Waals surface area contributed by atoms with Crippen LogP contribution in [0.3, 0.4) is 0 Å². The Morgan fingerprint density at radius 2 is 1.91 bits per heavy atom. The highest BCUT2D eigenvalue weighted by Gasteiger charge is 2.30. The van der Waals surface area contributed by atoms with Crippen molar-refractivity contribution in [2.45, 2.75) is 25.5 Å². The zero-order valence-corrected chi connectivity index (χ0v) is 18.3. The van der Waals surface area contributed by atoms with Crippen LogP contribution in [0, 0.1) is 5.95 Å². The second kappa shape index (κ2) is 8.99. The maximum Gasteiger partial charge on any atom is 0.249 e. The Kier molecular flexibility index (Phi) is 5.75. The van der Waals surface area contributed by atoms with Gasteiger partial charge in [-0.2, -0.15) is 9.37 Å². The minimum atomic E-state index is -0.645. The number of ketones is 1. The number of anilines is 1. The molecule has 5 rings (SSSR count). The van der Waals surface area contributed by atoms with Crippen molar-refractivity contribution in [2.24, 2.45) is 0 Å². The number of hydrogen-bond donors (Lipinski definition) is 1. The van der Waals surface area contributed by atoms with Crippen LogP contribution in [0.4, 0.5) is 9.52 Å². The lowest BCUT2D eigenvalue weighted by Crippen LogP contribution is -2.31. The summed E-state index contributed by atoms with van der Waals surface area (Å²) in [5.74, 6) is -0.267. The molecular weight excluding hydrogens is 441 g/mol. The van der Waals surface area contributed by atoms with Gasteiger partial charge in [0, 0.05) is 12.6 Å². The Bertz CT molecular complexity index is 1300.